The highest BCUT2D eigenvalue weighted by atomic mass is 35.5. The summed E-state index contributed by atoms with van der Waals surface area (Å²) in [6.45, 7) is -0.0939. The molecule has 0 amide bonds. The lowest BCUT2D eigenvalue weighted by Gasteiger charge is -2.23. The molecule has 0 saturated carbocycles. The number of aliphatic hydroxyl groups excluding tert-OH is 1. The van der Waals surface area contributed by atoms with Crippen LogP contribution in [0.25, 0.3) is 0 Å². The number of benzene rings is 2. The van der Waals surface area contributed by atoms with Gasteiger partial charge in [-0.05, 0) is 24.3 Å². The number of hydrogen-bond acceptors (Lipinski definition) is 3. The van der Waals surface area contributed by atoms with Crippen molar-refractivity contribution in [2.75, 3.05) is 19.1 Å². The monoisotopic (exact) mass is 277 g/mol. The van der Waals surface area contributed by atoms with Gasteiger partial charge in [0.25, 0.3) is 0 Å². The Morgan fingerprint density at radius 2 is 1.95 bits per heavy atom. The van der Waals surface area contributed by atoms with Crippen molar-refractivity contribution in [2.24, 2.45) is 0 Å². The summed E-state index contributed by atoms with van der Waals surface area (Å²) in [5.74, 6) is 0.789. The van der Waals surface area contributed by atoms with Crippen LogP contribution in [0.4, 0.5) is 11.4 Å². The summed E-state index contributed by atoms with van der Waals surface area (Å²) in [4.78, 5) is 1.97. The van der Waals surface area contributed by atoms with E-state index in [1.165, 1.54) is 0 Å². The van der Waals surface area contributed by atoms with Crippen LogP contribution in [0, 0.1) is 0 Å². The summed E-state index contributed by atoms with van der Waals surface area (Å²) in [6.07, 6.45) is 0. The Morgan fingerprint density at radius 1 is 1.21 bits per heavy atom. The maximum absolute atomic E-state index is 9.46. The van der Waals surface area contributed by atoms with Crippen molar-refractivity contribution in [3.8, 4) is 5.75 Å². The largest absolute Gasteiger partial charge is 0.497 e. The Kier molecular flexibility index (Phi) is 4.30. The van der Waals surface area contributed by atoms with Gasteiger partial charge in [0.2, 0.25) is 0 Å². The number of ether oxygens (including phenoxy) is 1. The van der Waals surface area contributed by atoms with E-state index in [2.05, 4.69) is 0 Å². The molecule has 0 bridgehead atoms. The van der Waals surface area contributed by atoms with Crippen molar-refractivity contribution in [3.63, 3.8) is 0 Å². The van der Waals surface area contributed by atoms with E-state index in [1.54, 1.807) is 13.2 Å². The van der Waals surface area contributed by atoms with Gasteiger partial charge in [0, 0.05) is 35.1 Å². The first-order chi connectivity index (χ1) is 9.17. The molecule has 0 radical (unpaired) electrons. The number of nitrogens with zero attached hydrogens (tertiary/aromatic N) is 1. The SMILES string of the molecule is COc1cccc(N(C)c2cccc(Cl)c2CO)c1. The van der Waals surface area contributed by atoms with Crippen molar-refractivity contribution < 1.29 is 9.84 Å². The maximum Gasteiger partial charge on any atom is 0.120 e. The predicted octanol–water partition coefficient (Wildman–Crippen LogP) is 3.61. The predicted molar refractivity (Wildman–Crippen MR) is 78.4 cm³/mol. The fraction of sp³-hybridized carbons (Fsp3) is 0.200. The lowest BCUT2D eigenvalue weighted by Crippen LogP contribution is -2.12. The highest BCUT2D eigenvalue weighted by Gasteiger charge is 2.12. The van der Waals surface area contributed by atoms with E-state index in [0.717, 1.165) is 22.7 Å². The molecule has 0 aliphatic heterocycles. The zero-order valence-electron chi connectivity index (χ0n) is 10.9. The summed E-state index contributed by atoms with van der Waals surface area (Å²) in [5, 5.41) is 10.0. The first-order valence-electron chi connectivity index (χ1n) is 5.93. The number of hydrogen-bond donors (Lipinski definition) is 1. The Balaban J connectivity index is 2.43. The zero-order valence-corrected chi connectivity index (χ0v) is 11.7. The molecule has 2 aromatic rings. The van der Waals surface area contributed by atoms with Gasteiger partial charge in [-0.2, -0.15) is 0 Å². The summed E-state index contributed by atoms with van der Waals surface area (Å²) in [6, 6.07) is 13.3. The van der Waals surface area contributed by atoms with Crippen LogP contribution < -0.4 is 9.64 Å². The van der Waals surface area contributed by atoms with Gasteiger partial charge in [0.15, 0.2) is 0 Å². The molecule has 0 fully saturated rings. The normalized spacial score (nSPS) is 10.3. The van der Waals surface area contributed by atoms with Crippen molar-refractivity contribution in [3.05, 3.63) is 53.1 Å². The lowest BCUT2D eigenvalue weighted by molar-refractivity contribution is 0.282. The van der Waals surface area contributed by atoms with Crippen molar-refractivity contribution >= 4 is 23.0 Å². The minimum atomic E-state index is -0.0939. The third-order valence-corrected chi connectivity index (χ3v) is 3.41. The molecule has 0 aliphatic carbocycles. The first-order valence-corrected chi connectivity index (χ1v) is 6.31. The smallest absolute Gasteiger partial charge is 0.120 e. The summed E-state index contributed by atoms with van der Waals surface area (Å²) >= 11 is 6.11. The molecule has 19 heavy (non-hydrogen) atoms. The quantitative estimate of drug-likeness (QED) is 0.927. The van der Waals surface area contributed by atoms with Crippen LogP contribution in [0.2, 0.25) is 5.02 Å². The van der Waals surface area contributed by atoms with Gasteiger partial charge >= 0.3 is 0 Å². The van der Waals surface area contributed by atoms with Crippen LogP contribution in [-0.4, -0.2) is 19.3 Å². The van der Waals surface area contributed by atoms with Crippen LogP contribution >= 0.6 is 11.6 Å². The molecule has 2 aromatic carbocycles. The Hall–Kier alpha value is -1.71. The topological polar surface area (TPSA) is 32.7 Å². The Morgan fingerprint density at radius 3 is 2.63 bits per heavy atom. The molecule has 3 nitrogen and oxygen atoms in total. The molecular weight excluding hydrogens is 262 g/mol. The molecule has 0 atom stereocenters. The van der Waals surface area contributed by atoms with Crippen LogP contribution in [0.1, 0.15) is 5.56 Å². The number of methoxy groups -OCH3 is 1. The molecule has 0 unspecified atom stereocenters. The van der Waals surface area contributed by atoms with Gasteiger partial charge < -0.3 is 14.7 Å². The minimum Gasteiger partial charge on any atom is -0.497 e. The molecule has 0 aliphatic rings. The number of halogens is 1. The second-order valence-electron chi connectivity index (χ2n) is 4.16. The van der Waals surface area contributed by atoms with Gasteiger partial charge in [-0.25, -0.2) is 0 Å². The van der Waals surface area contributed by atoms with Crippen LogP contribution in [0.15, 0.2) is 42.5 Å². The molecular formula is C15H16ClNO2. The van der Waals surface area contributed by atoms with Crippen molar-refractivity contribution in [2.45, 2.75) is 6.61 Å². The van der Waals surface area contributed by atoms with Gasteiger partial charge in [0.1, 0.15) is 5.75 Å². The molecule has 100 valence electrons. The fourth-order valence-electron chi connectivity index (χ4n) is 1.98. The third-order valence-electron chi connectivity index (χ3n) is 3.05. The van der Waals surface area contributed by atoms with Crippen LogP contribution in [-0.2, 0) is 6.61 Å². The Labute approximate surface area is 118 Å². The molecule has 1 N–H and O–H groups in total. The van der Waals surface area contributed by atoms with Gasteiger partial charge in [0.05, 0.1) is 13.7 Å². The van der Waals surface area contributed by atoms with Crippen LogP contribution in [0.5, 0.6) is 5.75 Å². The first kappa shape index (κ1) is 13.7. The molecule has 0 spiro atoms. The van der Waals surface area contributed by atoms with E-state index in [-0.39, 0.29) is 6.61 Å². The molecule has 0 heterocycles. The highest BCUT2D eigenvalue weighted by Crippen LogP contribution is 2.32. The second kappa shape index (κ2) is 5.95. The highest BCUT2D eigenvalue weighted by molar-refractivity contribution is 6.31. The summed E-state index contributed by atoms with van der Waals surface area (Å²) in [7, 11) is 3.57. The average Bonchev–Trinajstić information content (AvgIpc) is 2.46. The molecule has 0 aromatic heterocycles. The minimum absolute atomic E-state index is 0.0939. The van der Waals surface area contributed by atoms with E-state index in [1.807, 2.05) is 48.3 Å². The van der Waals surface area contributed by atoms with E-state index < -0.39 is 0 Å². The second-order valence-corrected chi connectivity index (χ2v) is 4.56. The number of aliphatic hydroxyl groups is 1. The Bertz CT molecular complexity index is 572. The lowest BCUT2D eigenvalue weighted by atomic mass is 10.1. The standard InChI is InChI=1S/C15H16ClNO2/c1-17(11-5-3-6-12(9-11)19-2)15-8-4-7-14(16)13(15)10-18/h3-9,18H,10H2,1-2H3. The molecule has 2 rings (SSSR count). The maximum atomic E-state index is 9.46. The van der Waals surface area contributed by atoms with Gasteiger partial charge in [-0.1, -0.05) is 23.7 Å². The van der Waals surface area contributed by atoms with Crippen LogP contribution in [0.3, 0.4) is 0 Å². The van der Waals surface area contributed by atoms with E-state index >= 15 is 0 Å². The molecule has 4 heteroatoms. The van der Waals surface area contributed by atoms with E-state index in [0.29, 0.717) is 5.02 Å². The zero-order chi connectivity index (χ0) is 13.8. The van der Waals surface area contributed by atoms with Crippen molar-refractivity contribution in [1.29, 1.82) is 0 Å². The third kappa shape index (κ3) is 2.83. The number of rotatable bonds is 4. The van der Waals surface area contributed by atoms with E-state index in [9.17, 15) is 5.11 Å². The van der Waals surface area contributed by atoms with Crippen molar-refractivity contribution in [1.82, 2.24) is 0 Å². The number of anilines is 2. The summed E-state index contributed by atoms with van der Waals surface area (Å²) < 4.78 is 5.22. The molecule has 0 saturated heterocycles. The van der Waals surface area contributed by atoms with E-state index in [4.69, 9.17) is 16.3 Å². The van der Waals surface area contributed by atoms with Gasteiger partial charge in [-0.15, -0.1) is 0 Å². The summed E-state index contributed by atoms with van der Waals surface area (Å²) in [5.41, 5.74) is 2.56. The fourth-order valence-corrected chi connectivity index (χ4v) is 2.21. The van der Waals surface area contributed by atoms with Gasteiger partial charge in [-0.3, -0.25) is 0 Å². The average molecular weight is 278 g/mol.